The van der Waals surface area contributed by atoms with E-state index >= 15 is 0 Å². The van der Waals surface area contributed by atoms with Gasteiger partial charge in [0, 0.05) is 5.57 Å². The van der Waals surface area contributed by atoms with Crippen LogP contribution in [0.25, 0.3) is 0 Å². The van der Waals surface area contributed by atoms with Crippen LogP contribution in [0.4, 0.5) is 0 Å². The normalized spacial score (nSPS) is 12.9. The van der Waals surface area contributed by atoms with Crippen molar-refractivity contribution in [2.24, 2.45) is 11.8 Å². The molecule has 2 atom stereocenters. The molecule has 0 saturated heterocycles. The van der Waals surface area contributed by atoms with E-state index in [4.69, 9.17) is 4.74 Å². The van der Waals surface area contributed by atoms with Gasteiger partial charge in [-0.1, -0.05) is 188 Å². The molecule has 0 bridgehead atoms. The van der Waals surface area contributed by atoms with E-state index in [0.29, 0.717) is 24.0 Å². The third kappa shape index (κ3) is 25.5. The van der Waals surface area contributed by atoms with E-state index in [1.165, 1.54) is 167 Å². The van der Waals surface area contributed by atoms with Crippen LogP contribution in [0.1, 0.15) is 195 Å². The fourth-order valence-corrected chi connectivity index (χ4v) is 5.63. The van der Waals surface area contributed by atoms with E-state index in [0.717, 1.165) is 0 Å². The monoisotopic (exact) mass is 535 g/mol. The minimum atomic E-state index is -0.220. The molecule has 0 radical (unpaired) electrons. The maximum absolute atomic E-state index is 12.0. The van der Waals surface area contributed by atoms with Crippen LogP contribution in [0.2, 0.25) is 0 Å². The van der Waals surface area contributed by atoms with E-state index < -0.39 is 0 Å². The Labute approximate surface area is 240 Å². The number of carbonyl (C=O) groups excluding carboxylic acids is 1. The summed E-state index contributed by atoms with van der Waals surface area (Å²) in [4.78, 5) is 12.0. The van der Waals surface area contributed by atoms with Crippen LogP contribution in [0.15, 0.2) is 12.2 Å². The second-order valence-electron chi connectivity index (χ2n) is 12.5. The Bertz CT molecular complexity index is 511. The van der Waals surface area contributed by atoms with Crippen molar-refractivity contribution in [3.05, 3.63) is 12.2 Å². The Kier molecular flexibility index (Phi) is 28.6. The number of ether oxygens (including phenoxy) is 1. The molecule has 0 aromatic carbocycles. The van der Waals surface area contributed by atoms with E-state index in [1.807, 2.05) is 0 Å². The first kappa shape index (κ1) is 37.2. The number of carbonyl (C=O) groups is 1. The highest BCUT2D eigenvalue weighted by molar-refractivity contribution is 5.86. The standard InChI is InChI=1S/C36H70O2/c1-6-8-10-12-14-16-18-19-20-21-23-25-27-29-31-35(32-38-36(37)33(3)4)34(5)30-28-26-24-22-17-15-13-11-9-7-2/h34-35H,3,6-32H2,1-2,4-5H3. The summed E-state index contributed by atoms with van der Waals surface area (Å²) < 4.78 is 5.62. The average Bonchev–Trinajstić information content (AvgIpc) is 2.91. The Hall–Kier alpha value is -0.790. The zero-order valence-electron chi connectivity index (χ0n) is 26.8. The molecule has 0 N–H and O–H groups in total. The van der Waals surface area contributed by atoms with Crippen LogP contribution in [-0.4, -0.2) is 12.6 Å². The summed E-state index contributed by atoms with van der Waals surface area (Å²) in [5, 5.41) is 0. The van der Waals surface area contributed by atoms with Gasteiger partial charge in [0.2, 0.25) is 0 Å². The summed E-state index contributed by atoms with van der Waals surface area (Å²) in [6, 6.07) is 0. The summed E-state index contributed by atoms with van der Waals surface area (Å²) in [6.45, 7) is 13.0. The third-order valence-corrected chi connectivity index (χ3v) is 8.52. The molecular formula is C36H70O2. The lowest BCUT2D eigenvalue weighted by Gasteiger charge is -2.24. The van der Waals surface area contributed by atoms with Crippen molar-refractivity contribution in [3.8, 4) is 0 Å². The highest BCUT2D eigenvalue weighted by Crippen LogP contribution is 2.26. The molecule has 226 valence electrons. The molecular weight excluding hydrogens is 464 g/mol. The number of hydrogen-bond donors (Lipinski definition) is 0. The molecule has 2 unspecified atom stereocenters. The van der Waals surface area contributed by atoms with Crippen molar-refractivity contribution in [2.75, 3.05) is 6.61 Å². The van der Waals surface area contributed by atoms with Gasteiger partial charge in [-0.25, -0.2) is 4.79 Å². The van der Waals surface area contributed by atoms with Gasteiger partial charge in [-0.15, -0.1) is 0 Å². The molecule has 0 fully saturated rings. The first-order valence-corrected chi connectivity index (χ1v) is 17.4. The molecule has 2 heteroatoms. The Balaban J connectivity index is 3.95. The van der Waals surface area contributed by atoms with Crippen LogP contribution in [0.3, 0.4) is 0 Å². The predicted molar refractivity (Wildman–Crippen MR) is 170 cm³/mol. The van der Waals surface area contributed by atoms with Crippen molar-refractivity contribution in [3.63, 3.8) is 0 Å². The largest absolute Gasteiger partial charge is 0.462 e. The molecule has 0 amide bonds. The molecule has 0 saturated carbocycles. The summed E-state index contributed by atoms with van der Waals surface area (Å²) in [5.74, 6) is 0.903. The lowest BCUT2D eigenvalue weighted by molar-refractivity contribution is -0.140. The van der Waals surface area contributed by atoms with Gasteiger partial charge in [-0.2, -0.15) is 0 Å². The molecule has 0 rings (SSSR count). The van der Waals surface area contributed by atoms with Gasteiger partial charge in [0.25, 0.3) is 0 Å². The first-order chi connectivity index (χ1) is 18.5. The molecule has 38 heavy (non-hydrogen) atoms. The van der Waals surface area contributed by atoms with E-state index in [-0.39, 0.29) is 5.97 Å². The number of hydrogen-bond acceptors (Lipinski definition) is 2. The highest BCUT2D eigenvalue weighted by Gasteiger charge is 2.19. The number of unbranched alkanes of at least 4 members (excludes halogenated alkanes) is 22. The quantitative estimate of drug-likeness (QED) is 0.0520. The van der Waals surface area contributed by atoms with Gasteiger partial charge in [0.15, 0.2) is 0 Å². The second-order valence-corrected chi connectivity index (χ2v) is 12.5. The summed E-state index contributed by atoms with van der Waals surface area (Å²) in [5.41, 5.74) is 0.516. The minimum Gasteiger partial charge on any atom is -0.462 e. The van der Waals surface area contributed by atoms with E-state index in [9.17, 15) is 4.79 Å². The Morgan fingerprint density at radius 1 is 0.553 bits per heavy atom. The minimum absolute atomic E-state index is 0.220. The van der Waals surface area contributed by atoms with Crippen molar-refractivity contribution in [1.82, 2.24) is 0 Å². The van der Waals surface area contributed by atoms with E-state index in [2.05, 4.69) is 27.4 Å². The molecule has 0 aromatic heterocycles. The third-order valence-electron chi connectivity index (χ3n) is 8.52. The van der Waals surface area contributed by atoms with Crippen LogP contribution in [0, 0.1) is 11.8 Å². The Morgan fingerprint density at radius 2 is 0.868 bits per heavy atom. The highest BCUT2D eigenvalue weighted by atomic mass is 16.5. The topological polar surface area (TPSA) is 26.3 Å². The SMILES string of the molecule is C=C(C)C(=O)OCC(CCCCCCCCCCCCCCCC)C(C)CCCCCCCCCCCC. The fourth-order valence-electron chi connectivity index (χ4n) is 5.63. The zero-order valence-corrected chi connectivity index (χ0v) is 26.8. The number of esters is 1. The summed E-state index contributed by atoms with van der Waals surface area (Å²) in [7, 11) is 0. The maximum atomic E-state index is 12.0. The van der Waals surface area contributed by atoms with Gasteiger partial charge >= 0.3 is 5.97 Å². The van der Waals surface area contributed by atoms with Crippen molar-refractivity contribution >= 4 is 5.97 Å². The first-order valence-electron chi connectivity index (χ1n) is 17.4. The maximum Gasteiger partial charge on any atom is 0.333 e. The fraction of sp³-hybridized carbons (Fsp3) is 0.917. The Morgan fingerprint density at radius 3 is 1.21 bits per heavy atom. The lowest BCUT2D eigenvalue weighted by Crippen LogP contribution is -2.21. The molecule has 0 heterocycles. The van der Waals surface area contributed by atoms with Gasteiger partial charge in [-0.05, 0) is 25.2 Å². The molecule has 0 aromatic rings. The molecule has 0 aliphatic heterocycles. The van der Waals surface area contributed by atoms with Crippen molar-refractivity contribution in [2.45, 2.75) is 195 Å². The van der Waals surface area contributed by atoms with Crippen molar-refractivity contribution < 1.29 is 9.53 Å². The number of rotatable bonds is 30. The van der Waals surface area contributed by atoms with Gasteiger partial charge in [0.05, 0.1) is 6.61 Å². The smallest absolute Gasteiger partial charge is 0.333 e. The molecule has 0 aliphatic carbocycles. The van der Waals surface area contributed by atoms with Crippen LogP contribution < -0.4 is 0 Å². The molecule has 0 spiro atoms. The lowest BCUT2D eigenvalue weighted by atomic mass is 9.85. The van der Waals surface area contributed by atoms with Crippen LogP contribution in [0.5, 0.6) is 0 Å². The van der Waals surface area contributed by atoms with E-state index in [1.54, 1.807) is 6.92 Å². The van der Waals surface area contributed by atoms with Crippen LogP contribution in [-0.2, 0) is 9.53 Å². The van der Waals surface area contributed by atoms with Crippen molar-refractivity contribution in [1.29, 1.82) is 0 Å². The van der Waals surface area contributed by atoms with Crippen LogP contribution >= 0.6 is 0 Å². The average molecular weight is 535 g/mol. The second kappa shape index (κ2) is 29.2. The zero-order chi connectivity index (χ0) is 28.1. The van der Waals surface area contributed by atoms with Gasteiger partial charge in [-0.3, -0.25) is 0 Å². The predicted octanol–water partition coefficient (Wildman–Crippen LogP) is 12.5. The molecule has 0 aliphatic rings. The van der Waals surface area contributed by atoms with Gasteiger partial charge in [0.1, 0.15) is 0 Å². The van der Waals surface area contributed by atoms with Gasteiger partial charge < -0.3 is 4.74 Å². The summed E-state index contributed by atoms with van der Waals surface area (Å²) in [6.07, 6.45) is 35.9. The summed E-state index contributed by atoms with van der Waals surface area (Å²) >= 11 is 0. The molecule has 2 nitrogen and oxygen atoms in total.